The highest BCUT2D eigenvalue weighted by molar-refractivity contribution is 7.99. The lowest BCUT2D eigenvalue weighted by Crippen LogP contribution is -2.44. The lowest BCUT2D eigenvalue weighted by atomic mass is 10.0. The zero-order valence-corrected chi connectivity index (χ0v) is 20.2. The quantitative estimate of drug-likeness (QED) is 0.421. The Morgan fingerprint density at radius 2 is 1.71 bits per heavy atom. The number of carbonyl (C=O) groups is 2. The van der Waals surface area contributed by atoms with Gasteiger partial charge in [0.25, 0.3) is 0 Å². The molecule has 2 amide bonds. The number of rotatable bonds is 5. The van der Waals surface area contributed by atoms with Crippen LogP contribution in [0, 0.1) is 5.82 Å². The maximum atomic E-state index is 13.9. The van der Waals surface area contributed by atoms with Crippen molar-refractivity contribution in [1.82, 2.24) is 14.8 Å². The minimum Gasteiger partial charge on any atom is -0.350 e. The standard InChI is InChI=1S/C28H26FN3O2S/c1-31-23-10-6-5-9-22(23)25-26(27(34)30-17-19-7-3-2-4-8-19)32(24(33)15-16-35-28(25)31)18-20-11-13-21(29)14-12-20/h2-14,26H,15-18H2,1H3,(H,30,34). The van der Waals surface area contributed by atoms with Crippen LogP contribution in [0.4, 0.5) is 4.39 Å². The van der Waals surface area contributed by atoms with E-state index in [4.69, 9.17) is 0 Å². The predicted octanol–water partition coefficient (Wildman–Crippen LogP) is 5.20. The molecule has 0 saturated heterocycles. The van der Waals surface area contributed by atoms with Crippen LogP contribution in [0.2, 0.25) is 0 Å². The summed E-state index contributed by atoms with van der Waals surface area (Å²) in [4.78, 5) is 29.0. The SMILES string of the molecule is Cn1c2c(c3ccccc31)C(C(=O)NCc1ccccc1)N(Cc1ccc(F)cc1)C(=O)CCS2. The molecule has 35 heavy (non-hydrogen) atoms. The molecule has 1 atom stereocenters. The van der Waals surface area contributed by atoms with E-state index in [0.29, 0.717) is 18.7 Å². The number of hydrogen-bond acceptors (Lipinski definition) is 3. The summed E-state index contributed by atoms with van der Waals surface area (Å²) in [6.07, 6.45) is 0.315. The van der Waals surface area contributed by atoms with Crippen LogP contribution in [-0.2, 0) is 29.7 Å². The summed E-state index contributed by atoms with van der Waals surface area (Å²) in [6, 6.07) is 23.0. The number of nitrogens with zero attached hydrogens (tertiary/aromatic N) is 2. The van der Waals surface area contributed by atoms with E-state index in [1.807, 2.05) is 61.6 Å². The topological polar surface area (TPSA) is 54.3 Å². The fourth-order valence-corrected chi connectivity index (χ4v) is 5.78. The van der Waals surface area contributed by atoms with Crippen molar-refractivity contribution in [1.29, 1.82) is 0 Å². The zero-order chi connectivity index (χ0) is 24.4. The molecular weight excluding hydrogens is 461 g/mol. The van der Waals surface area contributed by atoms with E-state index in [2.05, 4.69) is 9.88 Å². The van der Waals surface area contributed by atoms with Gasteiger partial charge in [-0.1, -0.05) is 60.7 Å². The van der Waals surface area contributed by atoms with Gasteiger partial charge in [-0.05, 0) is 29.3 Å². The van der Waals surface area contributed by atoms with E-state index in [1.54, 1.807) is 28.8 Å². The molecule has 0 bridgehead atoms. The fraction of sp³-hybridized carbons (Fsp3) is 0.214. The molecule has 1 aliphatic rings. The zero-order valence-electron chi connectivity index (χ0n) is 19.4. The number of nitrogens with one attached hydrogen (secondary N) is 1. The average molecular weight is 488 g/mol. The summed E-state index contributed by atoms with van der Waals surface area (Å²) in [6.45, 7) is 0.581. The Kier molecular flexibility index (Phi) is 6.59. The molecule has 0 aliphatic carbocycles. The summed E-state index contributed by atoms with van der Waals surface area (Å²) in [5, 5.41) is 5.01. The molecule has 0 spiro atoms. The summed E-state index contributed by atoms with van der Waals surface area (Å²) in [5.41, 5.74) is 3.61. The highest BCUT2D eigenvalue weighted by Crippen LogP contribution is 2.41. The summed E-state index contributed by atoms with van der Waals surface area (Å²) in [5.74, 6) is -0.0452. The van der Waals surface area contributed by atoms with Crippen molar-refractivity contribution in [3.8, 4) is 0 Å². The first-order valence-corrected chi connectivity index (χ1v) is 12.6. The Morgan fingerprint density at radius 3 is 2.49 bits per heavy atom. The van der Waals surface area contributed by atoms with Gasteiger partial charge < -0.3 is 14.8 Å². The van der Waals surface area contributed by atoms with Gasteiger partial charge in [0.2, 0.25) is 11.8 Å². The van der Waals surface area contributed by atoms with Gasteiger partial charge in [0.1, 0.15) is 11.9 Å². The van der Waals surface area contributed by atoms with Crippen molar-refractivity contribution in [2.24, 2.45) is 7.05 Å². The molecule has 5 nitrogen and oxygen atoms in total. The first kappa shape index (κ1) is 23.2. The highest BCUT2D eigenvalue weighted by atomic mass is 32.2. The van der Waals surface area contributed by atoms with Gasteiger partial charge in [-0.2, -0.15) is 0 Å². The van der Waals surface area contributed by atoms with Gasteiger partial charge in [0.05, 0.1) is 5.03 Å². The van der Waals surface area contributed by atoms with Crippen LogP contribution in [0.5, 0.6) is 0 Å². The molecule has 4 aromatic rings. The second-order valence-corrected chi connectivity index (χ2v) is 9.73. The van der Waals surface area contributed by atoms with Crippen LogP contribution in [0.1, 0.15) is 29.2 Å². The fourth-order valence-electron chi connectivity index (χ4n) is 4.64. The lowest BCUT2D eigenvalue weighted by Gasteiger charge is -2.33. The molecule has 1 aromatic heterocycles. The highest BCUT2D eigenvalue weighted by Gasteiger charge is 2.37. The second-order valence-electron chi connectivity index (χ2n) is 8.65. The van der Waals surface area contributed by atoms with Gasteiger partial charge >= 0.3 is 0 Å². The molecule has 178 valence electrons. The molecule has 5 rings (SSSR count). The third kappa shape index (κ3) is 4.68. The molecule has 0 saturated carbocycles. The molecular formula is C28H26FN3O2S. The molecule has 1 unspecified atom stereocenters. The van der Waals surface area contributed by atoms with E-state index >= 15 is 0 Å². The van der Waals surface area contributed by atoms with E-state index in [0.717, 1.165) is 32.6 Å². The van der Waals surface area contributed by atoms with Crippen molar-refractivity contribution in [3.05, 3.63) is 101 Å². The van der Waals surface area contributed by atoms with E-state index < -0.39 is 6.04 Å². The van der Waals surface area contributed by atoms with Crippen LogP contribution in [0.25, 0.3) is 10.9 Å². The molecule has 1 N–H and O–H groups in total. The van der Waals surface area contributed by atoms with Gasteiger partial charge in [-0.3, -0.25) is 9.59 Å². The number of aromatic nitrogens is 1. The van der Waals surface area contributed by atoms with Crippen molar-refractivity contribution in [3.63, 3.8) is 0 Å². The van der Waals surface area contributed by atoms with Crippen molar-refractivity contribution < 1.29 is 14.0 Å². The Morgan fingerprint density at radius 1 is 1.00 bits per heavy atom. The van der Waals surface area contributed by atoms with E-state index in [-0.39, 0.29) is 24.2 Å². The molecule has 1 aliphatic heterocycles. The van der Waals surface area contributed by atoms with Crippen molar-refractivity contribution >= 4 is 34.5 Å². The number of amides is 2. The number of aryl methyl sites for hydroxylation is 1. The number of thioether (sulfide) groups is 1. The number of halogens is 1. The van der Waals surface area contributed by atoms with Crippen molar-refractivity contribution in [2.75, 3.05) is 5.75 Å². The number of hydrogen-bond donors (Lipinski definition) is 1. The van der Waals surface area contributed by atoms with Crippen LogP contribution in [0.3, 0.4) is 0 Å². The maximum absolute atomic E-state index is 13.9. The van der Waals surface area contributed by atoms with E-state index in [1.165, 1.54) is 12.1 Å². The normalized spacial score (nSPS) is 16.0. The van der Waals surface area contributed by atoms with Crippen LogP contribution >= 0.6 is 11.8 Å². The largest absolute Gasteiger partial charge is 0.350 e. The average Bonchev–Trinajstić information content (AvgIpc) is 3.14. The molecule has 7 heteroatoms. The Hall–Kier alpha value is -3.58. The molecule has 3 aromatic carbocycles. The van der Waals surface area contributed by atoms with Crippen molar-refractivity contribution in [2.45, 2.75) is 30.6 Å². The smallest absolute Gasteiger partial charge is 0.247 e. The Labute approximate surface area is 207 Å². The minimum absolute atomic E-state index is 0.0970. The van der Waals surface area contributed by atoms with Gasteiger partial charge in [0, 0.05) is 48.8 Å². The summed E-state index contributed by atoms with van der Waals surface area (Å²) in [7, 11) is 2.00. The predicted molar refractivity (Wildman–Crippen MR) is 136 cm³/mol. The first-order valence-electron chi connectivity index (χ1n) is 11.6. The third-order valence-electron chi connectivity index (χ3n) is 6.37. The van der Waals surface area contributed by atoms with Gasteiger partial charge in [-0.25, -0.2) is 4.39 Å². The molecule has 0 radical (unpaired) electrons. The Bertz CT molecular complexity index is 1370. The van der Waals surface area contributed by atoms with Gasteiger partial charge in [0.15, 0.2) is 0 Å². The third-order valence-corrected chi connectivity index (χ3v) is 7.55. The minimum atomic E-state index is -0.815. The van der Waals surface area contributed by atoms with Crippen LogP contribution < -0.4 is 5.32 Å². The summed E-state index contributed by atoms with van der Waals surface area (Å²) >= 11 is 1.61. The number of carbonyl (C=O) groups excluding carboxylic acids is 2. The monoisotopic (exact) mass is 487 g/mol. The lowest BCUT2D eigenvalue weighted by molar-refractivity contribution is -0.141. The van der Waals surface area contributed by atoms with Gasteiger partial charge in [-0.15, -0.1) is 11.8 Å². The van der Waals surface area contributed by atoms with Crippen LogP contribution in [-0.4, -0.2) is 27.0 Å². The van der Waals surface area contributed by atoms with Crippen LogP contribution in [0.15, 0.2) is 83.9 Å². The number of para-hydroxylation sites is 1. The number of benzene rings is 3. The second kappa shape index (κ2) is 9.96. The summed E-state index contributed by atoms with van der Waals surface area (Å²) < 4.78 is 15.7. The molecule has 2 heterocycles. The van der Waals surface area contributed by atoms with E-state index in [9.17, 15) is 14.0 Å². The first-order chi connectivity index (χ1) is 17.0. The molecule has 0 fully saturated rings. The maximum Gasteiger partial charge on any atom is 0.247 e. The Balaban J connectivity index is 1.61. The number of fused-ring (bicyclic) bond motifs is 3.